The van der Waals surface area contributed by atoms with Gasteiger partial charge in [0.2, 0.25) is 0 Å². The van der Waals surface area contributed by atoms with Crippen molar-refractivity contribution in [3.63, 3.8) is 0 Å². The molecule has 0 aliphatic carbocycles. The number of nitrogens with two attached hydrogens (primary N) is 1. The molecular formula is C12H21N5O2S. The van der Waals surface area contributed by atoms with Crippen LogP contribution in [-0.2, 0) is 16.3 Å². The summed E-state index contributed by atoms with van der Waals surface area (Å²) in [5, 5.41) is 3.34. The molecule has 112 valence electrons. The molecule has 1 fully saturated rings. The number of hydrogen-bond acceptors (Lipinski definition) is 7. The van der Waals surface area contributed by atoms with Crippen LogP contribution < -0.4 is 16.6 Å². The maximum atomic E-state index is 11.4. The Hall–Kier alpha value is -1.41. The van der Waals surface area contributed by atoms with E-state index in [4.69, 9.17) is 5.84 Å². The van der Waals surface area contributed by atoms with Crippen LogP contribution in [-0.4, -0.2) is 35.9 Å². The van der Waals surface area contributed by atoms with Crippen LogP contribution in [0.25, 0.3) is 0 Å². The third kappa shape index (κ3) is 3.57. The zero-order valence-corrected chi connectivity index (χ0v) is 12.4. The molecule has 0 unspecified atom stereocenters. The lowest BCUT2D eigenvalue weighted by Crippen LogP contribution is -2.32. The van der Waals surface area contributed by atoms with Gasteiger partial charge < -0.3 is 10.7 Å². The molecule has 1 aliphatic heterocycles. The number of aromatic nitrogens is 2. The van der Waals surface area contributed by atoms with Crippen molar-refractivity contribution in [2.24, 2.45) is 5.84 Å². The molecule has 0 spiro atoms. The van der Waals surface area contributed by atoms with Gasteiger partial charge in [-0.1, -0.05) is 13.3 Å². The molecule has 1 aromatic rings. The average Bonchev–Trinajstić information content (AvgIpc) is 2.43. The highest BCUT2D eigenvalue weighted by atomic mass is 32.2. The summed E-state index contributed by atoms with van der Waals surface area (Å²) in [5.74, 6) is 7.31. The average molecular weight is 299 g/mol. The van der Waals surface area contributed by atoms with Crippen LogP contribution >= 0.6 is 0 Å². The van der Waals surface area contributed by atoms with Gasteiger partial charge in [-0.3, -0.25) is 0 Å². The summed E-state index contributed by atoms with van der Waals surface area (Å²) in [4.78, 5) is 8.38. The Morgan fingerprint density at radius 1 is 1.30 bits per heavy atom. The highest BCUT2D eigenvalue weighted by Gasteiger charge is 2.24. The molecule has 7 nitrogen and oxygen atoms in total. The van der Waals surface area contributed by atoms with Crippen LogP contribution in [0.3, 0.4) is 0 Å². The number of hydrogen-bond donors (Lipinski definition) is 3. The van der Waals surface area contributed by atoms with E-state index < -0.39 is 9.84 Å². The number of nitrogens with zero attached hydrogens (tertiary/aromatic N) is 2. The first-order valence-corrected chi connectivity index (χ1v) is 8.65. The number of nitrogen functional groups attached to an aromatic ring is 1. The van der Waals surface area contributed by atoms with Crippen LogP contribution in [0.1, 0.15) is 31.7 Å². The fraction of sp³-hybridized carbons (Fsp3) is 0.667. The van der Waals surface area contributed by atoms with E-state index in [2.05, 4.69) is 27.6 Å². The van der Waals surface area contributed by atoms with Crippen LogP contribution in [0.5, 0.6) is 0 Å². The summed E-state index contributed by atoms with van der Waals surface area (Å²) in [6, 6.07) is 0.134. The number of sulfone groups is 1. The summed E-state index contributed by atoms with van der Waals surface area (Å²) in [6.07, 6.45) is 4.45. The van der Waals surface area contributed by atoms with Gasteiger partial charge in [0.25, 0.3) is 0 Å². The van der Waals surface area contributed by atoms with Crippen LogP contribution in [0.15, 0.2) is 6.33 Å². The molecule has 2 rings (SSSR count). The predicted molar refractivity (Wildman–Crippen MR) is 79.1 cm³/mol. The van der Waals surface area contributed by atoms with E-state index in [0.717, 1.165) is 24.2 Å². The molecule has 0 bridgehead atoms. The first kappa shape index (κ1) is 15.0. The van der Waals surface area contributed by atoms with Gasteiger partial charge in [0.1, 0.15) is 27.8 Å². The van der Waals surface area contributed by atoms with Gasteiger partial charge in [0.15, 0.2) is 0 Å². The van der Waals surface area contributed by atoms with Crippen LogP contribution in [0.2, 0.25) is 0 Å². The Labute approximate surface area is 119 Å². The molecule has 1 aromatic heterocycles. The smallest absolute Gasteiger partial charge is 0.150 e. The minimum Gasteiger partial charge on any atom is -0.367 e. The second kappa shape index (κ2) is 6.36. The monoisotopic (exact) mass is 299 g/mol. The summed E-state index contributed by atoms with van der Waals surface area (Å²) >= 11 is 0. The Balaban J connectivity index is 2.13. The van der Waals surface area contributed by atoms with Crippen molar-refractivity contribution in [3.05, 3.63) is 11.9 Å². The quantitative estimate of drug-likeness (QED) is 0.542. The van der Waals surface area contributed by atoms with E-state index >= 15 is 0 Å². The predicted octanol–water partition coefficient (Wildman–Crippen LogP) is 0.704. The minimum atomic E-state index is -2.85. The fourth-order valence-corrected chi connectivity index (χ4v) is 3.87. The largest absolute Gasteiger partial charge is 0.367 e. The third-order valence-electron chi connectivity index (χ3n) is 3.48. The van der Waals surface area contributed by atoms with Gasteiger partial charge >= 0.3 is 0 Å². The molecule has 4 N–H and O–H groups in total. The zero-order valence-electron chi connectivity index (χ0n) is 11.6. The molecule has 1 saturated heterocycles. The second-order valence-corrected chi connectivity index (χ2v) is 7.32. The van der Waals surface area contributed by atoms with Gasteiger partial charge in [-0.2, -0.15) is 0 Å². The van der Waals surface area contributed by atoms with Crippen molar-refractivity contribution >= 4 is 21.5 Å². The molecule has 0 radical (unpaired) electrons. The highest BCUT2D eigenvalue weighted by Crippen LogP contribution is 2.24. The first-order chi connectivity index (χ1) is 9.55. The summed E-state index contributed by atoms with van der Waals surface area (Å²) in [6.45, 7) is 2.07. The number of anilines is 2. The second-order valence-electron chi connectivity index (χ2n) is 5.01. The first-order valence-electron chi connectivity index (χ1n) is 6.83. The minimum absolute atomic E-state index is 0.134. The van der Waals surface area contributed by atoms with Gasteiger partial charge in [-0.05, 0) is 19.3 Å². The Bertz CT molecular complexity index is 547. The van der Waals surface area contributed by atoms with Crippen LogP contribution in [0, 0.1) is 0 Å². The lowest BCUT2D eigenvalue weighted by Gasteiger charge is -2.25. The molecule has 0 atom stereocenters. The summed E-state index contributed by atoms with van der Waals surface area (Å²) in [5.41, 5.74) is 3.53. The van der Waals surface area contributed by atoms with E-state index in [0.29, 0.717) is 18.7 Å². The fourth-order valence-electron chi connectivity index (χ4n) is 2.38. The van der Waals surface area contributed by atoms with Crippen molar-refractivity contribution in [1.29, 1.82) is 0 Å². The normalized spacial score (nSPS) is 18.7. The maximum Gasteiger partial charge on any atom is 0.150 e. The number of hydrazine groups is 1. The molecule has 20 heavy (non-hydrogen) atoms. The number of rotatable bonds is 5. The third-order valence-corrected chi connectivity index (χ3v) is 5.19. The van der Waals surface area contributed by atoms with Gasteiger partial charge in [-0.25, -0.2) is 24.2 Å². The van der Waals surface area contributed by atoms with Crippen molar-refractivity contribution < 1.29 is 8.42 Å². The van der Waals surface area contributed by atoms with Gasteiger partial charge in [0.05, 0.1) is 11.5 Å². The molecule has 0 aromatic carbocycles. The molecule has 2 heterocycles. The van der Waals surface area contributed by atoms with Crippen LogP contribution in [0.4, 0.5) is 11.6 Å². The lowest BCUT2D eigenvalue weighted by atomic mass is 10.1. The Kier molecular flexibility index (Phi) is 4.77. The molecule has 0 saturated carbocycles. The molecule has 8 heteroatoms. The Morgan fingerprint density at radius 2 is 1.95 bits per heavy atom. The number of nitrogens with one attached hydrogen (secondary N) is 2. The Morgan fingerprint density at radius 3 is 2.55 bits per heavy atom. The highest BCUT2D eigenvalue weighted by molar-refractivity contribution is 7.91. The molecular weight excluding hydrogens is 278 g/mol. The maximum absolute atomic E-state index is 11.4. The summed E-state index contributed by atoms with van der Waals surface area (Å²) < 4.78 is 22.9. The van der Waals surface area contributed by atoms with Crippen molar-refractivity contribution in [2.45, 2.75) is 38.6 Å². The van der Waals surface area contributed by atoms with E-state index in [-0.39, 0.29) is 17.5 Å². The van der Waals surface area contributed by atoms with Gasteiger partial charge in [0, 0.05) is 11.6 Å². The topological polar surface area (TPSA) is 110 Å². The standard InChI is InChI=1S/C12H21N5O2S/c1-2-3-10-11(14-8-15-12(10)17-13)16-9-4-6-20(18,19)7-5-9/h8-9H,2-7,13H2,1H3,(H2,14,15,16,17). The van der Waals surface area contributed by atoms with E-state index in [9.17, 15) is 8.42 Å². The van der Waals surface area contributed by atoms with E-state index in [1.54, 1.807) is 0 Å². The van der Waals surface area contributed by atoms with Crippen molar-refractivity contribution in [2.75, 3.05) is 22.2 Å². The zero-order chi connectivity index (χ0) is 14.6. The van der Waals surface area contributed by atoms with Gasteiger partial charge in [-0.15, -0.1) is 0 Å². The summed E-state index contributed by atoms with van der Waals surface area (Å²) in [7, 11) is -2.85. The van der Waals surface area contributed by atoms with Crippen molar-refractivity contribution in [1.82, 2.24) is 9.97 Å². The lowest BCUT2D eigenvalue weighted by molar-refractivity contribution is 0.558. The van der Waals surface area contributed by atoms with E-state index in [1.165, 1.54) is 6.33 Å². The van der Waals surface area contributed by atoms with E-state index in [1.807, 2.05) is 0 Å². The molecule has 1 aliphatic rings. The van der Waals surface area contributed by atoms with Crippen molar-refractivity contribution in [3.8, 4) is 0 Å². The molecule has 0 amide bonds. The SMILES string of the molecule is CCCc1c(NN)ncnc1NC1CCS(=O)(=O)CC1.